The van der Waals surface area contributed by atoms with E-state index in [1.54, 1.807) is 12.1 Å². The van der Waals surface area contributed by atoms with Crippen molar-refractivity contribution in [1.82, 2.24) is 0 Å². The van der Waals surface area contributed by atoms with Gasteiger partial charge < -0.3 is 10.1 Å². The molecule has 23 heavy (non-hydrogen) atoms. The summed E-state index contributed by atoms with van der Waals surface area (Å²) in [5.74, 6) is 0.0353. The largest absolute Gasteiger partial charge is 0.435 e. The molecule has 0 amide bonds. The summed E-state index contributed by atoms with van der Waals surface area (Å²) in [5, 5.41) is 22.7. The molecule has 0 bridgehead atoms. The number of alkyl halides is 2. The van der Waals surface area contributed by atoms with Gasteiger partial charge in [0.05, 0.1) is 16.6 Å². The number of hydrogen-bond donors (Lipinski definition) is 1. The zero-order valence-corrected chi connectivity index (χ0v) is 11.7. The van der Waals surface area contributed by atoms with E-state index in [-0.39, 0.29) is 29.2 Å². The third-order valence-corrected chi connectivity index (χ3v) is 2.96. The van der Waals surface area contributed by atoms with E-state index in [9.17, 15) is 18.9 Å². The number of nitro benzene ring substituents is 1. The van der Waals surface area contributed by atoms with Gasteiger partial charge in [-0.05, 0) is 29.8 Å². The van der Waals surface area contributed by atoms with E-state index in [0.29, 0.717) is 0 Å². The normalized spacial score (nSPS) is 10.2. The number of hydrogen-bond acceptors (Lipinski definition) is 5. The van der Waals surface area contributed by atoms with E-state index in [2.05, 4.69) is 10.1 Å². The van der Waals surface area contributed by atoms with Crippen LogP contribution in [0.15, 0.2) is 42.5 Å². The second-order valence-corrected chi connectivity index (χ2v) is 4.48. The molecule has 0 aliphatic carbocycles. The van der Waals surface area contributed by atoms with E-state index in [1.165, 1.54) is 30.3 Å². The van der Waals surface area contributed by atoms with Gasteiger partial charge in [-0.25, -0.2) is 0 Å². The van der Waals surface area contributed by atoms with Crippen molar-refractivity contribution in [3.05, 3.63) is 63.7 Å². The van der Waals surface area contributed by atoms with Crippen LogP contribution in [0.25, 0.3) is 0 Å². The second-order valence-electron chi connectivity index (χ2n) is 4.48. The maximum atomic E-state index is 12.1. The van der Waals surface area contributed by atoms with Crippen LogP contribution in [0.3, 0.4) is 0 Å². The molecule has 2 aromatic carbocycles. The minimum atomic E-state index is -2.89. The van der Waals surface area contributed by atoms with Gasteiger partial charge in [0.2, 0.25) is 0 Å². The molecule has 2 rings (SSSR count). The summed E-state index contributed by atoms with van der Waals surface area (Å²) < 4.78 is 28.3. The lowest BCUT2D eigenvalue weighted by atomic mass is 10.1. The van der Waals surface area contributed by atoms with Crippen LogP contribution in [-0.2, 0) is 6.54 Å². The average Bonchev–Trinajstić information content (AvgIpc) is 2.53. The number of benzene rings is 2. The highest BCUT2D eigenvalue weighted by atomic mass is 19.3. The van der Waals surface area contributed by atoms with Crippen LogP contribution in [0, 0.1) is 21.4 Å². The lowest BCUT2D eigenvalue weighted by Gasteiger charge is -2.09. The van der Waals surface area contributed by atoms with Crippen molar-refractivity contribution >= 4 is 11.4 Å². The first kappa shape index (κ1) is 16.2. The third kappa shape index (κ3) is 4.38. The molecule has 0 spiro atoms. The van der Waals surface area contributed by atoms with Gasteiger partial charge in [-0.1, -0.05) is 12.1 Å². The average molecular weight is 319 g/mol. The zero-order valence-electron chi connectivity index (χ0n) is 11.7. The molecule has 0 radical (unpaired) electrons. The summed E-state index contributed by atoms with van der Waals surface area (Å²) in [6, 6.07) is 11.8. The molecule has 6 nitrogen and oxygen atoms in total. The van der Waals surface area contributed by atoms with E-state index in [4.69, 9.17) is 5.26 Å². The van der Waals surface area contributed by atoms with Crippen molar-refractivity contribution in [2.45, 2.75) is 13.2 Å². The van der Waals surface area contributed by atoms with Crippen LogP contribution in [0.2, 0.25) is 0 Å². The van der Waals surface area contributed by atoms with Crippen LogP contribution in [0.5, 0.6) is 5.75 Å². The number of anilines is 1. The van der Waals surface area contributed by atoms with Gasteiger partial charge in [0.1, 0.15) is 11.4 Å². The van der Waals surface area contributed by atoms with Crippen molar-refractivity contribution < 1.29 is 18.4 Å². The highest BCUT2D eigenvalue weighted by molar-refractivity contribution is 5.64. The Labute approximate surface area is 130 Å². The lowest BCUT2D eigenvalue weighted by molar-refractivity contribution is -0.384. The Morgan fingerprint density at radius 2 is 1.96 bits per heavy atom. The predicted molar refractivity (Wildman–Crippen MR) is 78.2 cm³/mol. The standard InChI is InChI=1S/C15H11F2N3O3/c16-15(17)23-12-4-1-10(2-5-12)9-19-13-6-3-11(8-18)7-14(13)20(21)22/h1-7,15,19H,9H2. The third-order valence-electron chi connectivity index (χ3n) is 2.96. The molecular weight excluding hydrogens is 308 g/mol. The minimum Gasteiger partial charge on any atom is -0.435 e. The Morgan fingerprint density at radius 1 is 1.26 bits per heavy atom. The zero-order chi connectivity index (χ0) is 16.8. The Morgan fingerprint density at radius 3 is 2.52 bits per heavy atom. The number of nitrogens with zero attached hydrogens (tertiary/aromatic N) is 2. The molecule has 0 aromatic heterocycles. The maximum absolute atomic E-state index is 12.1. The number of halogens is 2. The maximum Gasteiger partial charge on any atom is 0.387 e. The number of rotatable bonds is 6. The minimum absolute atomic E-state index is 0.0353. The highest BCUT2D eigenvalue weighted by Crippen LogP contribution is 2.26. The van der Waals surface area contributed by atoms with E-state index in [0.717, 1.165) is 5.56 Å². The molecule has 0 saturated carbocycles. The Hall–Kier alpha value is -3.21. The Kier molecular flexibility index (Phi) is 5.04. The summed E-state index contributed by atoms with van der Waals surface area (Å²) in [4.78, 5) is 10.4. The molecule has 0 fully saturated rings. The topological polar surface area (TPSA) is 88.2 Å². The van der Waals surface area contributed by atoms with Crippen molar-refractivity contribution in [2.75, 3.05) is 5.32 Å². The quantitative estimate of drug-likeness (QED) is 0.648. The molecule has 0 saturated heterocycles. The van der Waals surface area contributed by atoms with Crippen molar-refractivity contribution in [3.63, 3.8) is 0 Å². The Bertz CT molecular complexity index is 743. The van der Waals surface area contributed by atoms with Crippen molar-refractivity contribution in [2.24, 2.45) is 0 Å². The summed E-state index contributed by atoms with van der Waals surface area (Å²) in [6.45, 7) is -2.64. The van der Waals surface area contributed by atoms with Crippen LogP contribution in [-0.4, -0.2) is 11.5 Å². The monoisotopic (exact) mass is 319 g/mol. The molecule has 0 atom stereocenters. The number of nitrogens with one attached hydrogen (secondary N) is 1. The van der Waals surface area contributed by atoms with Crippen LogP contribution in [0.1, 0.15) is 11.1 Å². The molecule has 0 unspecified atom stereocenters. The van der Waals surface area contributed by atoms with E-state index >= 15 is 0 Å². The molecule has 0 heterocycles. The fourth-order valence-corrected chi connectivity index (χ4v) is 1.89. The molecule has 0 aliphatic heterocycles. The molecular formula is C15H11F2N3O3. The number of nitro groups is 1. The van der Waals surface area contributed by atoms with Gasteiger partial charge >= 0.3 is 6.61 Å². The van der Waals surface area contributed by atoms with Crippen molar-refractivity contribution in [1.29, 1.82) is 5.26 Å². The van der Waals surface area contributed by atoms with Gasteiger partial charge in [-0.15, -0.1) is 0 Å². The molecule has 0 aliphatic rings. The van der Waals surface area contributed by atoms with Crippen LogP contribution in [0.4, 0.5) is 20.2 Å². The molecule has 8 heteroatoms. The smallest absolute Gasteiger partial charge is 0.387 e. The first-order chi connectivity index (χ1) is 11.0. The summed E-state index contributed by atoms with van der Waals surface area (Å²) in [6.07, 6.45) is 0. The van der Waals surface area contributed by atoms with Gasteiger partial charge in [-0.3, -0.25) is 10.1 Å². The van der Waals surface area contributed by atoms with Crippen LogP contribution >= 0.6 is 0 Å². The highest BCUT2D eigenvalue weighted by Gasteiger charge is 2.14. The van der Waals surface area contributed by atoms with Crippen molar-refractivity contribution in [3.8, 4) is 11.8 Å². The second kappa shape index (κ2) is 7.17. The SMILES string of the molecule is N#Cc1ccc(NCc2ccc(OC(F)F)cc2)c([N+](=O)[O-])c1. The van der Waals surface area contributed by atoms with Gasteiger partial charge in [0.15, 0.2) is 0 Å². The fraction of sp³-hybridized carbons (Fsp3) is 0.133. The first-order valence-electron chi connectivity index (χ1n) is 6.46. The van der Waals surface area contributed by atoms with E-state index in [1.807, 2.05) is 6.07 Å². The fourth-order valence-electron chi connectivity index (χ4n) is 1.89. The molecule has 1 N–H and O–H groups in total. The lowest BCUT2D eigenvalue weighted by Crippen LogP contribution is -2.04. The summed E-state index contributed by atoms with van der Waals surface area (Å²) >= 11 is 0. The number of nitriles is 1. The van der Waals surface area contributed by atoms with E-state index < -0.39 is 11.5 Å². The Balaban J connectivity index is 2.09. The summed E-state index contributed by atoms with van der Waals surface area (Å²) in [7, 11) is 0. The summed E-state index contributed by atoms with van der Waals surface area (Å²) in [5.41, 5.74) is 0.977. The first-order valence-corrected chi connectivity index (χ1v) is 6.46. The van der Waals surface area contributed by atoms with Crippen LogP contribution < -0.4 is 10.1 Å². The van der Waals surface area contributed by atoms with Gasteiger partial charge in [0, 0.05) is 12.6 Å². The van der Waals surface area contributed by atoms with Gasteiger partial charge in [0.25, 0.3) is 5.69 Å². The van der Waals surface area contributed by atoms with Gasteiger partial charge in [-0.2, -0.15) is 14.0 Å². The number of ether oxygens (including phenoxy) is 1. The predicted octanol–water partition coefficient (Wildman–Crippen LogP) is 3.68. The molecule has 2 aromatic rings. The molecule has 118 valence electrons.